The Hall–Kier alpha value is -2.96. The van der Waals surface area contributed by atoms with E-state index in [9.17, 15) is 5.11 Å². The van der Waals surface area contributed by atoms with E-state index in [4.69, 9.17) is 0 Å². The van der Waals surface area contributed by atoms with Gasteiger partial charge in [-0.3, -0.25) is 10.1 Å². The summed E-state index contributed by atoms with van der Waals surface area (Å²) in [6.45, 7) is 4.04. The standard InChI is InChI=1S/C23H22N4OS/c1-3-23(28,4-2)16-6-5-15-11-18(25-17(15)12-16)21-22-19(26-27-21)13-20(29-22)14-7-9-24-10-8-14/h5-13,25,28H,3-4H2,1-2H3,(H,26,27). The number of H-pyrrole nitrogens is 2. The maximum absolute atomic E-state index is 10.9. The van der Waals surface area contributed by atoms with Crippen LogP contribution in [0.3, 0.4) is 0 Å². The van der Waals surface area contributed by atoms with Gasteiger partial charge in [-0.2, -0.15) is 5.10 Å². The fraction of sp³-hybridized carbons (Fsp3) is 0.217. The molecule has 29 heavy (non-hydrogen) atoms. The number of rotatable bonds is 5. The average Bonchev–Trinajstić information content (AvgIpc) is 3.46. The van der Waals surface area contributed by atoms with Crippen molar-refractivity contribution in [2.45, 2.75) is 32.3 Å². The Bertz CT molecular complexity index is 1290. The summed E-state index contributed by atoms with van der Waals surface area (Å²) < 4.78 is 1.13. The van der Waals surface area contributed by atoms with Gasteiger partial charge in [0.05, 0.1) is 21.5 Å². The Morgan fingerprint density at radius 2 is 1.79 bits per heavy atom. The largest absolute Gasteiger partial charge is 0.385 e. The molecule has 1 aromatic carbocycles. The second-order valence-corrected chi connectivity index (χ2v) is 8.44. The lowest BCUT2D eigenvalue weighted by Gasteiger charge is -2.25. The molecule has 0 spiro atoms. The molecule has 0 bridgehead atoms. The molecule has 0 aliphatic heterocycles. The van der Waals surface area contributed by atoms with Crippen LogP contribution in [0.1, 0.15) is 32.3 Å². The van der Waals surface area contributed by atoms with Gasteiger partial charge in [-0.25, -0.2) is 0 Å². The molecule has 146 valence electrons. The van der Waals surface area contributed by atoms with Crippen LogP contribution >= 0.6 is 11.3 Å². The first-order valence-corrected chi connectivity index (χ1v) is 10.7. The predicted molar refractivity (Wildman–Crippen MR) is 119 cm³/mol. The Morgan fingerprint density at radius 3 is 2.55 bits per heavy atom. The predicted octanol–water partition coefficient (Wildman–Crippen LogP) is 5.84. The number of fused-ring (bicyclic) bond motifs is 2. The first-order chi connectivity index (χ1) is 14.1. The van der Waals surface area contributed by atoms with Crippen LogP contribution in [0.5, 0.6) is 0 Å². The van der Waals surface area contributed by atoms with Crippen LogP contribution in [0.15, 0.2) is 54.9 Å². The summed E-state index contributed by atoms with van der Waals surface area (Å²) in [7, 11) is 0. The second-order valence-electron chi connectivity index (χ2n) is 7.39. The molecule has 0 radical (unpaired) electrons. The van der Waals surface area contributed by atoms with Gasteiger partial charge in [0, 0.05) is 28.2 Å². The zero-order valence-electron chi connectivity index (χ0n) is 16.4. The number of thiophene rings is 1. The monoisotopic (exact) mass is 402 g/mol. The van der Waals surface area contributed by atoms with Crippen molar-refractivity contribution in [3.05, 3.63) is 60.4 Å². The number of hydrogen-bond acceptors (Lipinski definition) is 4. The quantitative estimate of drug-likeness (QED) is 0.345. The number of hydrogen-bond donors (Lipinski definition) is 3. The molecule has 4 aromatic heterocycles. The van der Waals surface area contributed by atoms with Crippen molar-refractivity contribution in [1.29, 1.82) is 0 Å². The topological polar surface area (TPSA) is 77.6 Å². The Balaban J connectivity index is 1.59. The van der Waals surface area contributed by atoms with Crippen LogP contribution in [0.25, 0.3) is 42.9 Å². The molecule has 0 aliphatic rings. The van der Waals surface area contributed by atoms with Crippen molar-refractivity contribution in [3.63, 3.8) is 0 Å². The van der Waals surface area contributed by atoms with E-state index in [1.54, 1.807) is 11.3 Å². The summed E-state index contributed by atoms with van der Waals surface area (Å²) in [5.74, 6) is 0. The van der Waals surface area contributed by atoms with Gasteiger partial charge in [0.15, 0.2) is 0 Å². The van der Waals surface area contributed by atoms with E-state index < -0.39 is 5.60 Å². The Kier molecular flexibility index (Phi) is 4.26. The molecule has 0 saturated heterocycles. The number of benzene rings is 1. The first kappa shape index (κ1) is 18.1. The second kappa shape index (κ2) is 6.83. The fourth-order valence-electron chi connectivity index (χ4n) is 3.86. The highest BCUT2D eigenvalue weighted by molar-refractivity contribution is 7.22. The Morgan fingerprint density at radius 1 is 1.00 bits per heavy atom. The molecule has 0 atom stereocenters. The number of nitrogens with zero attached hydrogens (tertiary/aromatic N) is 2. The van der Waals surface area contributed by atoms with Crippen molar-refractivity contribution in [3.8, 4) is 21.8 Å². The van der Waals surface area contributed by atoms with Crippen molar-refractivity contribution in [1.82, 2.24) is 20.2 Å². The number of aromatic amines is 2. The van der Waals surface area contributed by atoms with Gasteiger partial charge >= 0.3 is 0 Å². The van der Waals surface area contributed by atoms with E-state index in [2.05, 4.69) is 44.4 Å². The molecule has 4 heterocycles. The van der Waals surface area contributed by atoms with Crippen molar-refractivity contribution < 1.29 is 5.11 Å². The summed E-state index contributed by atoms with van der Waals surface area (Å²) >= 11 is 1.72. The minimum Gasteiger partial charge on any atom is -0.385 e. The lowest BCUT2D eigenvalue weighted by molar-refractivity contribution is 0.0285. The maximum Gasteiger partial charge on any atom is 0.126 e. The van der Waals surface area contributed by atoms with Gasteiger partial charge in [-0.05, 0) is 54.3 Å². The minimum absolute atomic E-state index is 0.690. The molecule has 0 fully saturated rings. The molecule has 5 aromatic rings. The normalized spacial score (nSPS) is 12.2. The van der Waals surface area contributed by atoms with E-state index in [1.807, 2.05) is 44.4 Å². The number of aromatic nitrogens is 4. The van der Waals surface area contributed by atoms with Crippen LogP contribution in [0, 0.1) is 0 Å². The lowest BCUT2D eigenvalue weighted by atomic mass is 9.88. The minimum atomic E-state index is -0.785. The molecule has 5 nitrogen and oxygen atoms in total. The third-order valence-electron chi connectivity index (χ3n) is 5.78. The van der Waals surface area contributed by atoms with Crippen LogP contribution in [0.2, 0.25) is 0 Å². The van der Waals surface area contributed by atoms with Crippen LogP contribution in [-0.2, 0) is 5.60 Å². The van der Waals surface area contributed by atoms with Gasteiger partial charge in [0.25, 0.3) is 0 Å². The van der Waals surface area contributed by atoms with Crippen LogP contribution < -0.4 is 0 Å². The van der Waals surface area contributed by atoms with Crippen molar-refractivity contribution >= 4 is 32.5 Å². The zero-order valence-corrected chi connectivity index (χ0v) is 17.2. The SMILES string of the molecule is CCC(O)(CC)c1ccc2cc(-c3n[nH]c4cc(-c5ccncc5)sc34)[nH]c2c1. The summed E-state index contributed by atoms with van der Waals surface area (Å²) in [6, 6.07) is 14.5. The van der Waals surface area contributed by atoms with Gasteiger partial charge in [0.2, 0.25) is 0 Å². The average molecular weight is 403 g/mol. The molecular weight excluding hydrogens is 380 g/mol. The highest BCUT2D eigenvalue weighted by Crippen LogP contribution is 2.38. The third-order valence-corrected chi connectivity index (χ3v) is 6.98. The fourth-order valence-corrected chi connectivity index (χ4v) is 4.98. The molecule has 5 rings (SSSR count). The third kappa shape index (κ3) is 2.96. The van der Waals surface area contributed by atoms with Crippen molar-refractivity contribution in [2.75, 3.05) is 0 Å². The van der Waals surface area contributed by atoms with Gasteiger partial charge in [0.1, 0.15) is 5.69 Å². The van der Waals surface area contributed by atoms with Gasteiger partial charge in [-0.1, -0.05) is 26.0 Å². The smallest absolute Gasteiger partial charge is 0.126 e. The van der Waals surface area contributed by atoms with E-state index in [0.717, 1.165) is 43.6 Å². The summed E-state index contributed by atoms with van der Waals surface area (Å²) in [6.07, 6.45) is 5.00. The summed E-state index contributed by atoms with van der Waals surface area (Å²) in [4.78, 5) is 8.79. The molecular formula is C23H22N4OS. The number of pyridine rings is 1. The number of nitrogens with one attached hydrogen (secondary N) is 2. The van der Waals surface area contributed by atoms with E-state index in [0.29, 0.717) is 12.8 Å². The van der Waals surface area contributed by atoms with Crippen LogP contribution in [-0.4, -0.2) is 25.3 Å². The molecule has 6 heteroatoms. The molecule has 0 amide bonds. The molecule has 0 unspecified atom stereocenters. The maximum atomic E-state index is 10.9. The summed E-state index contributed by atoms with van der Waals surface area (Å²) in [5.41, 5.74) is 5.26. The van der Waals surface area contributed by atoms with Gasteiger partial charge in [-0.15, -0.1) is 11.3 Å². The zero-order chi connectivity index (χ0) is 20.0. The van der Waals surface area contributed by atoms with E-state index in [1.165, 1.54) is 4.88 Å². The number of aliphatic hydroxyl groups is 1. The van der Waals surface area contributed by atoms with Gasteiger partial charge < -0.3 is 10.1 Å². The lowest BCUT2D eigenvalue weighted by Crippen LogP contribution is -2.23. The van der Waals surface area contributed by atoms with E-state index in [-0.39, 0.29) is 0 Å². The molecule has 3 N–H and O–H groups in total. The first-order valence-electron chi connectivity index (χ1n) is 9.85. The molecule has 0 saturated carbocycles. The van der Waals surface area contributed by atoms with Crippen molar-refractivity contribution in [2.24, 2.45) is 0 Å². The molecule has 0 aliphatic carbocycles. The Labute approximate surface area is 172 Å². The highest BCUT2D eigenvalue weighted by Gasteiger charge is 2.25. The highest BCUT2D eigenvalue weighted by atomic mass is 32.1. The van der Waals surface area contributed by atoms with Crippen LogP contribution in [0.4, 0.5) is 0 Å². The summed E-state index contributed by atoms with van der Waals surface area (Å²) in [5, 5.41) is 19.7. The van der Waals surface area contributed by atoms with E-state index >= 15 is 0 Å².